The van der Waals surface area contributed by atoms with E-state index in [0.29, 0.717) is 11.1 Å². The number of hydrogen-bond acceptors (Lipinski definition) is 2. The summed E-state index contributed by atoms with van der Waals surface area (Å²) in [5.41, 5.74) is 5.41. The molecule has 3 nitrogen and oxygen atoms in total. The first kappa shape index (κ1) is 13.1. The zero-order valence-electron chi connectivity index (χ0n) is 12.8. The number of oxazole rings is 1. The molecule has 114 valence electrons. The van der Waals surface area contributed by atoms with Crippen LogP contribution in [0.3, 0.4) is 0 Å². The van der Waals surface area contributed by atoms with E-state index in [1.54, 1.807) is 6.07 Å². The van der Waals surface area contributed by atoms with Gasteiger partial charge in [-0.2, -0.15) is 0 Å². The molecule has 2 heterocycles. The Morgan fingerprint density at radius 1 is 0.708 bits per heavy atom. The van der Waals surface area contributed by atoms with Crippen LogP contribution >= 0.6 is 0 Å². The molecule has 0 saturated carbocycles. The largest absolute Gasteiger partial charge is 0.438 e. The van der Waals surface area contributed by atoms with Crippen LogP contribution in [0.1, 0.15) is 0 Å². The van der Waals surface area contributed by atoms with Gasteiger partial charge in [0.1, 0.15) is 0 Å². The lowest BCUT2D eigenvalue weighted by molar-refractivity contribution is 0.655. The molecule has 0 aliphatic carbocycles. The molecule has 3 aromatic carbocycles. The summed E-state index contributed by atoms with van der Waals surface area (Å²) >= 11 is 0. The van der Waals surface area contributed by atoms with Crippen molar-refractivity contribution in [1.82, 2.24) is 4.40 Å². The van der Waals surface area contributed by atoms with E-state index in [1.165, 1.54) is 0 Å². The Morgan fingerprint density at radius 2 is 1.50 bits per heavy atom. The summed E-state index contributed by atoms with van der Waals surface area (Å²) in [6.07, 6.45) is 0. The van der Waals surface area contributed by atoms with Gasteiger partial charge in [-0.05, 0) is 35.4 Å². The highest BCUT2D eigenvalue weighted by atomic mass is 16.3. The molecule has 2 aromatic heterocycles. The summed E-state index contributed by atoms with van der Waals surface area (Å²) in [7, 11) is 0. The van der Waals surface area contributed by atoms with E-state index in [1.807, 2.05) is 59.0 Å². The van der Waals surface area contributed by atoms with E-state index < -0.39 is 0 Å². The second-order valence-electron chi connectivity index (χ2n) is 5.85. The summed E-state index contributed by atoms with van der Waals surface area (Å²) in [4.78, 5) is 12.3. The van der Waals surface area contributed by atoms with E-state index in [9.17, 15) is 4.79 Å². The number of rotatable bonds is 1. The van der Waals surface area contributed by atoms with Crippen LogP contribution in [0.15, 0.2) is 88.1 Å². The van der Waals surface area contributed by atoms with E-state index >= 15 is 0 Å². The minimum atomic E-state index is -0.0204. The normalized spacial score (nSPS) is 11.5. The van der Waals surface area contributed by atoms with Crippen molar-refractivity contribution in [3.63, 3.8) is 0 Å². The SMILES string of the molecule is O=c1cc2oc3ccc(-c4ccccc4)cc3n2c2ccccc12. The quantitative estimate of drug-likeness (QED) is 0.443. The maximum absolute atomic E-state index is 12.3. The van der Waals surface area contributed by atoms with E-state index in [4.69, 9.17) is 4.42 Å². The number of pyridine rings is 1. The number of aromatic nitrogens is 1. The summed E-state index contributed by atoms with van der Waals surface area (Å²) in [5, 5.41) is 0.697. The van der Waals surface area contributed by atoms with Gasteiger partial charge in [0.25, 0.3) is 0 Å². The van der Waals surface area contributed by atoms with E-state index in [0.717, 1.165) is 27.7 Å². The highest BCUT2D eigenvalue weighted by Crippen LogP contribution is 2.28. The first-order chi connectivity index (χ1) is 11.8. The average molecular weight is 311 g/mol. The molecule has 0 saturated heterocycles. The Labute approximate surface area is 137 Å². The fourth-order valence-electron chi connectivity index (χ4n) is 3.27. The number of benzene rings is 3. The Kier molecular flexibility index (Phi) is 2.65. The number of nitrogens with zero attached hydrogens (tertiary/aromatic N) is 1. The summed E-state index contributed by atoms with van der Waals surface area (Å²) < 4.78 is 7.91. The Morgan fingerprint density at radius 3 is 2.38 bits per heavy atom. The van der Waals surface area contributed by atoms with Gasteiger partial charge in [0.05, 0.1) is 11.0 Å². The van der Waals surface area contributed by atoms with Crippen molar-refractivity contribution in [2.45, 2.75) is 0 Å². The Bertz CT molecular complexity index is 1260. The number of para-hydroxylation sites is 1. The monoisotopic (exact) mass is 311 g/mol. The van der Waals surface area contributed by atoms with Gasteiger partial charge < -0.3 is 4.42 Å². The zero-order valence-corrected chi connectivity index (χ0v) is 12.8. The minimum absolute atomic E-state index is 0.0204. The van der Waals surface area contributed by atoms with Gasteiger partial charge in [-0.25, -0.2) is 0 Å². The van der Waals surface area contributed by atoms with Crippen molar-refractivity contribution in [2.75, 3.05) is 0 Å². The first-order valence-corrected chi connectivity index (χ1v) is 7.84. The molecule has 0 radical (unpaired) electrons. The minimum Gasteiger partial charge on any atom is -0.438 e. The van der Waals surface area contributed by atoms with Crippen molar-refractivity contribution in [3.8, 4) is 11.1 Å². The van der Waals surface area contributed by atoms with Crippen molar-refractivity contribution in [3.05, 3.63) is 89.1 Å². The van der Waals surface area contributed by atoms with Crippen LogP contribution in [0.25, 0.3) is 38.8 Å². The second-order valence-corrected chi connectivity index (χ2v) is 5.85. The third kappa shape index (κ3) is 1.82. The second kappa shape index (κ2) is 4.83. The van der Waals surface area contributed by atoms with Crippen LogP contribution in [0, 0.1) is 0 Å². The van der Waals surface area contributed by atoms with Gasteiger partial charge in [0.15, 0.2) is 11.0 Å². The van der Waals surface area contributed by atoms with Gasteiger partial charge >= 0.3 is 0 Å². The van der Waals surface area contributed by atoms with Crippen LogP contribution in [-0.4, -0.2) is 4.40 Å². The van der Waals surface area contributed by atoms with Crippen molar-refractivity contribution < 1.29 is 4.42 Å². The van der Waals surface area contributed by atoms with Gasteiger partial charge in [-0.15, -0.1) is 0 Å². The number of fused-ring (bicyclic) bond motifs is 5. The molecule has 0 atom stereocenters. The van der Waals surface area contributed by atoms with Crippen LogP contribution in [0.5, 0.6) is 0 Å². The van der Waals surface area contributed by atoms with Crippen molar-refractivity contribution in [2.24, 2.45) is 0 Å². The average Bonchev–Trinajstić information content (AvgIpc) is 3.00. The molecule has 0 spiro atoms. The lowest BCUT2D eigenvalue weighted by Gasteiger charge is -2.03. The zero-order chi connectivity index (χ0) is 16.1. The lowest BCUT2D eigenvalue weighted by atomic mass is 10.1. The Hall–Kier alpha value is -3.33. The van der Waals surface area contributed by atoms with Crippen molar-refractivity contribution >= 4 is 27.7 Å². The Balaban J connectivity index is 1.94. The standard InChI is InChI=1S/C21H13NO2/c23-19-13-21-22(17-9-5-4-8-16(17)19)18-12-15(10-11-20(18)24-21)14-6-2-1-3-7-14/h1-13H. The van der Waals surface area contributed by atoms with Gasteiger partial charge in [0.2, 0.25) is 5.71 Å². The smallest absolute Gasteiger partial charge is 0.209 e. The fraction of sp³-hybridized carbons (Fsp3) is 0. The highest BCUT2D eigenvalue weighted by Gasteiger charge is 2.12. The number of hydrogen-bond donors (Lipinski definition) is 0. The van der Waals surface area contributed by atoms with Crippen LogP contribution in [0.2, 0.25) is 0 Å². The third-order valence-electron chi connectivity index (χ3n) is 4.41. The lowest BCUT2D eigenvalue weighted by Crippen LogP contribution is -2.02. The van der Waals surface area contributed by atoms with E-state index in [2.05, 4.69) is 18.2 Å². The predicted octanol–water partition coefficient (Wildman–Crippen LogP) is 4.87. The molecular formula is C21H13NO2. The molecule has 0 aliphatic heterocycles. The molecule has 5 aromatic rings. The van der Waals surface area contributed by atoms with E-state index in [-0.39, 0.29) is 5.43 Å². The molecule has 0 unspecified atom stereocenters. The molecule has 24 heavy (non-hydrogen) atoms. The maximum Gasteiger partial charge on any atom is 0.209 e. The fourth-order valence-corrected chi connectivity index (χ4v) is 3.27. The van der Waals surface area contributed by atoms with Crippen LogP contribution in [0.4, 0.5) is 0 Å². The van der Waals surface area contributed by atoms with Crippen molar-refractivity contribution in [1.29, 1.82) is 0 Å². The molecule has 0 amide bonds. The van der Waals surface area contributed by atoms with Crippen LogP contribution in [-0.2, 0) is 0 Å². The highest BCUT2D eigenvalue weighted by molar-refractivity contribution is 5.90. The summed E-state index contributed by atoms with van der Waals surface area (Å²) in [6.45, 7) is 0. The van der Waals surface area contributed by atoms with Gasteiger partial charge in [-0.1, -0.05) is 48.5 Å². The molecule has 0 N–H and O–H groups in total. The third-order valence-corrected chi connectivity index (χ3v) is 4.41. The molecular weight excluding hydrogens is 298 g/mol. The molecule has 0 fully saturated rings. The maximum atomic E-state index is 12.3. The molecule has 0 aliphatic rings. The van der Waals surface area contributed by atoms with Gasteiger partial charge in [0, 0.05) is 11.5 Å². The molecule has 5 rings (SSSR count). The summed E-state index contributed by atoms with van der Waals surface area (Å²) in [5.74, 6) is 0. The van der Waals surface area contributed by atoms with Gasteiger partial charge in [-0.3, -0.25) is 9.20 Å². The predicted molar refractivity (Wildman–Crippen MR) is 96.4 cm³/mol. The van der Waals surface area contributed by atoms with Crippen LogP contribution < -0.4 is 5.43 Å². The molecule has 0 bridgehead atoms. The summed E-state index contributed by atoms with van der Waals surface area (Å²) in [6, 6.07) is 25.5. The topological polar surface area (TPSA) is 34.6 Å². The first-order valence-electron chi connectivity index (χ1n) is 7.84. The molecule has 3 heteroatoms.